The number of halogens is 1. The quantitative estimate of drug-likeness (QED) is 0.940. The third-order valence-corrected chi connectivity index (χ3v) is 4.69. The van der Waals surface area contributed by atoms with Crippen molar-refractivity contribution in [1.82, 2.24) is 0 Å². The lowest BCUT2D eigenvalue weighted by Gasteiger charge is -2.25. The maximum Gasteiger partial charge on any atom is 0.258 e. The molecule has 0 saturated carbocycles. The highest BCUT2D eigenvalue weighted by Crippen LogP contribution is 2.28. The van der Waals surface area contributed by atoms with E-state index in [9.17, 15) is 13.4 Å². The smallest absolute Gasteiger partial charge is 0.258 e. The Balaban J connectivity index is 1.80. The van der Waals surface area contributed by atoms with Gasteiger partial charge in [0.05, 0.1) is 22.3 Å². The van der Waals surface area contributed by atoms with Gasteiger partial charge in [-0.1, -0.05) is 24.3 Å². The highest BCUT2D eigenvalue weighted by atomic mass is 32.2. The molecule has 1 N–H and O–H groups in total. The minimum Gasteiger partial charge on any atom is -0.363 e. The lowest BCUT2D eigenvalue weighted by Crippen LogP contribution is -2.28. The first-order valence-corrected chi connectivity index (χ1v) is 8.75. The maximum atomic E-state index is 13.9. The lowest BCUT2D eigenvalue weighted by molar-refractivity contribution is -0.128. The van der Waals surface area contributed by atoms with E-state index in [2.05, 4.69) is 5.32 Å². The highest BCUT2D eigenvalue weighted by Gasteiger charge is 2.27. The summed E-state index contributed by atoms with van der Waals surface area (Å²) in [6, 6.07) is 11.7. The summed E-state index contributed by atoms with van der Waals surface area (Å²) < 4.78 is 30.8. The highest BCUT2D eigenvalue weighted by molar-refractivity contribution is 7.84. The maximum absolute atomic E-state index is 13.9. The van der Waals surface area contributed by atoms with Crippen LogP contribution in [0.4, 0.5) is 10.1 Å². The molecular formula is C17H16FNO3S. The number of rotatable bonds is 3. The number of nitrogens with one attached hydrogen (secondary N) is 1. The summed E-state index contributed by atoms with van der Waals surface area (Å²) >= 11 is 0. The first-order valence-electron chi connectivity index (χ1n) is 7.19. The molecular weight excluding hydrogens is 317 g/mol. The van der Waals surface area contributed by atoms with Gasteiger partial charge in [0.2, 0.25) is 0 Å². The van der Waals surface area contributed by atoms with E-state index in [0.29, 0.717) is 12.3 Å². The molecule has 1 aliphatic rings. The second-order valence-electron chi connectivity index (χ2n) is 5.29. The van der Waals surface area contributed by atoms with E-state index in [4.69, 9.17) is 4.74 Å². The summed E-state index contributed by atoms with van der Waals surface area (Å²) in [5.41, 5.74) is 2.23. The number of hydrogen-bond acceptors (Lipinski definition) is 3. The third-order valence-electron chi connectivity index (χ3n) is 3.74. The number of carbonyl (C=O) groups is 1. The van der Waals surface area contributed by atoms with E-state index in [-0.39, 0.29) is 10.8 Å². The number of ether oxygens (including phenoxy) is 1. The molecule has 1 amide bonds. The first kappa shape index (κ1) is 15.8. The number of anilines is 1. The molecule has 6 heteroatoms. The van der Waals surface area contributed by atoms with Crippen LogP contribution in [0.15, 0.2) is 47.4 Å². The molecule has 120 valence electrons. The molecule has 0 aliphatic carbocycles. The van der Waals surface area contributed by atoms with Gasteiger partial charge in [0.1, 0.15) is 5.82 Å². The zero-order chi connectivity index (χ0) is 16.4. The normalized spacial score (nSPS) is 18.1. The predicted molar refractivity (Wildman–Crippen MR) is 86.2 cm³/mol. The van der Waals surface area contributed by atoms with Gasteiger partial charge < -0.3 is 10.1 Å². The topological polar surface area (TPSA) is 55.4 Å². The van der Waals surface area contributed by atoms with Gasteiger partial charge in [0, 0.05) is 11.9 Å². The van der Waals surface area contributed by atoms with E-state index in [1.165, 1.54) is 24.5 Å². The molecule has 4 nitrogen and oxygen atoms in total. The minimum atomic E-state index is -1.41. The Hall–Kier alpha value is -2.05. The molecule has 3 rings (SSSR count). The van der Waals surface area contributed by atoms with E-state index < -0.39 is 22.7 Å². The molecule has 0 unspecified atom stereocenters. The Morgan fingerprint density at radius 2 is 2.09 bits per heavy atom. The van der Waals surface area contributed by atoms with E-state index in [1.807, 2.05) is 24.3 Å². The van der Waals surface area contributed by atoms with E-state index in [1.54, 1.807) is 0 Å². The predicted octanol–water partition coefficient (Wildman–Crippen LogP) is 2.82. The molecule has 23 heavy (non-hydrogen) atoms. The van der Waals surface area contributed by atoms with Gasteiger partial charge in [-0.2, -0.15) is 0 Å². The molecule has 0 aromatic heterocycles. The van der Waals surface area contributed by atoms with Crippen LogP contribution in [0.5, 0.6) is 0 Å². The zero-order valence-electron chi connectivity index (χ0n) is 12.5. The van der Waals surface area contributed by atoms with Crippen LogP contribution in [-0.2, 0) is 26.8 Å². The number of amides is 1. The SMILES string of the molecule is C[S@](=O)c1ccc(NC(=O)[C@H]2OCCc3ccccc32)cc1F. The van der Waals surface area contributed by atoms with Gasteiger partial charge in [-0.25, -0.2) is 4.39 Å². The number of hydrogen-bond donors (Lipinski definition) is 1. The Bertz CT molecular complexity index is 778. The van der Waals surface area contributed by atoms with Crippen molar-refractivity contribution in [3.05, 3.63) is 59.4 Å². The summed E-state index contributed by atoms with van der Waals surface area (Å²) in [5, 5.41) is 2.66. The van der Waals surface area contributed by atoms with Crippen LogP contribution < -0.4 is 5.32 Å². The summed E-state index contributed by atoms with van der Waals surface area (Å²) in [7, 11) is -1.41. The molecule has 0 bridgehead atoms. The monoisotopic (exact) mass is 333 g/mol. The van der Waals surface area contributed by atoms with Crippen LogP contribution in [0.25, 0.3) is 0 Å². The summed E-state index contributed by atoms with van der Waals surface area (Å²) in [5.74, 6) is -0.949. The Morgan fingerprint density at radius 3 is 2.83 bits per heavy atom. The summed E-state index contributed by atoms with van der Waals surface area (Å²) in [4.78, 5) is 12.6. The average molecular weight is 333 g/mol. The fraction of sp³-hybridized carbons (Fsp3) is 0.235. The van der Waals surface area contributed by atoms with Crippen molar-refractivity contribution in [3.8, 4) is 0 Å². The first-order chi connectivity index (χ1) is 11.1. The minimum absolute atomic E-state index is 0.113. The van der Waals surface area contributed by atoms with Gasteiger partial charge in [-0.3, -0.25) is 9.00 Å². The van der Waals surface area contributed by atoms with E-state index in [0.717, 1.165) is 17.5 Å². The zero-order valence-corrected chi connectivity index (χ0v) is 13.4. The van der Waals surface area contributed by atoms with Crippen molar-refractivity contribution in [3.63, 3.8) is 0 Å². The molecule has 1 aliphatic heterocycles. The fourth-order valence-electron chi connectivity index (χ4n) is 2.63. The van der Waals surface area contributed by atoms with Gasteiger partial charge in [0.25, 0.3) is 5.91 Å². The van der Waals surface area contributed by atoms with Crippen LogP contribution in [0, 0.1) is 5.82 Å². The molecule has 0 saturated heterocycles. The van der Waals surface area contributed by atoms with Gasteiger partial charge in [-0.05, 0) is 35.7 Å². The van der Waals surface area contributed by atoms with Crippen LogP contribution in [0.1, 0.15) is 17.2 Å². The fourth-order valence-corrected chi connectivity index (χ4v) is 3.22. The molecule has 2 atom stereocenters. The second-order valence-corrected chi connectivity index (χ2v) is 6.64. The molecule has 1 heterocycles. The van der Waals surface area contributed by atoms with Crippen molar-refractivity contribution in [1.29, 1.82) is 0 Å². The Morgan fingerprint density at radius 1 is 1.30 bits per heavy atom. The van der Waals surface area contributed by atoms with Gasteiger partial charge in [0.15, 0.2) is 6.10 Å². The summed E-state index contributed by atoms with van der Waals surface area (Å²) in [6.45, 7) is 0.469. The molecule has 2 aromatic rings. The molecule has 2 aromatic carbocycles. The van der Waals surface area contributed by atoms with E-state index >= 15 is 0 Å². The number of carbonyl (C=O) groups excluding carboxylic acids is 1. The van der Waals surface area contributed by atoms with Gasteiger partial charge in [-0.15, -0.1) is 0 Å². The van der Waals surface area contributed by atoms with Crippen molar-refractivity contribution in [2.75, 3.05) is 18.2 Å². The van der Waals surface area contributed by atoms with Crippen molar-refractivity contribution < 1.29 is 18.1 Å². The van der Waals surface area contributed by atoms with Crippen LogP contribution in [0.2, 0.25) is 0 Å². The van der Waals surface area contributed by atoms with Crippen molar-refractivity contribution >= 4 is 22.4 Å². The van der Waals surface area contributed by atoms with Crippen LogP contribution >= 0.6 is 0 Å². The Kier molecular flexibility index (Phi) is 4.54. The summed E-state index contributed by atoms with van der Waals surface area (Å²) in [6.07, 6.45) is 1.47. The van der Waals surface area contributed by atoms with Crippen LogP contribution in [-0.4, -0.2) is 23.0 Å². The number of benzene rings is 2. The second kappa shape index (κ2) is 6.60. The van der Waals surface area contributed by atoms with Crippen molar-refractivity contribution in [2.45, 2.75) is 17.4 Å². The lowest BCUT2D eigenvalue weighted by atomic mass is 9.97. The average Bonchev–Trinajstić information content (AvgIpc) is 2.54. The number of fused-ring (bicyclic) bond motifs is 1. The molecule has 0 radical (unpaired) electrons. The standard InChI is InChI=1S/C17H16FNO3S/c1-23(21)15-7-6-12(10-14(15)18)19-17(20)16-13-5-3-2-4-11(13)8-9-22-16/h2-7,10,16H,8-9H2,1H3,(H,19,20)/t16-,23-/m0/s1. The largest absolute Gasteiger partial charge is 0.363 e. The Labute approximate surface area is 136 Å². The molecule has 0 fully saturated rings. The van der Waals surface area contributed by atoms with Gasteiger partial charge >= 0.3 is 0 Å². The molecule has 0 spiro atoms. The van der Waals surface area contributed by atoms with Crippen LogP contribution in [0.3, 0.4) is 0 Å². The van der Waals surface area contributed by atoms with Crippen molar-refractivity contribution in [2.24, 2.45) is 0 Å². The third kappa shape index (κ3) is 3.33.